The van der Waals surface area contributed by atoms with Crippen LogP contribution in [0.4, 0.5) is 5.69 Å². The molecule has 1 aromatic heterocycles. The lowest BCUT2D eigenvalue weighted by Gasteiger charge is -2.27. The van der Waals surface area contributed by atoms with Crippen molar-refractivity contribution >= 4 is 40.0 Å². The molecule has 1 amide bonds. The third-order valence-corrected chi connectivity index (χ3v) is 6.23. The highest BCUT2D eigenvalue weighted by Gasteiger charge is 2.24. The summed E-state index contributed by atoms with van der Waals surface area (Å²) in [5, 5.41) is 6.85. The summed E-state index contributed by atoms with van der Waals surface area (Å²) in [5.74, 6) is -0.743. The van der Waals surface area contributed by atoms with Crippen molar-refractivity contribution in [3.63, 3.8) is 0 Å². The van der Waals surface area contributed by atoms with Crippen molar-refractivity contribution in [2.75, 3.05) is 38.2 Å². The van der Waals surface area contributed by atoms with E-state index in [1.165, 1.54) is 10.8 Å². The molecule has 0 saturated carbocycles. The van der Waals surface area contributed by atoms with E-state index in [0.29, 0.717) is 35.7 Å². The Morgan fingerprint density at radius 2 is 1.85 bits per heavy atom. The number of carbonyl (C=O) groups is 2. The second kappa shape index (κ2) is 8.97. The van der Waals surface area contributed by atoms with Gasteiger partial charge in [0.2, 0.25) is 11.3 Å². The smallest absolute Gasteiger partial charge is 0.257 e. The van der Waals surface area contributed by atoms with Crippen LogP contribution < -0.4 is 16.1 Å². The molecule has 0 atom stereocenters. The van der Waals surface area contributed by atoms with E-state index in [4.69, 9.17) is 16.3 Å². The molecule has 0 aliphatic carbocycles. The fraction of sp³-hybridized carbons (Fsp3) is 0.292. The molecule has 0 bridgehead atoms. The Balaban J connectivity index is 1.50. The standard InChI is InChI=1S/C24H23ClN4O4/c25-17-3-1-15(2-4-17)11-27-24(32)19-14-29-21(30)12-26-20-10-16(9-18(22(20)29)23(19)31)13-28-5-7-33-8-6-28/h1-4,9-10,14,26H,5-8,11-13H2,(H,27,32). The van der Waals surface area contributed by atoms with Gasteiger partial charge in [0.05, 0.1) is 31.0 Å². The van der Waals surface area contributed by atoms with Crippen LogP contribution in [0.1, 0.15) is 26.3 Å². The van der Waals surface area contributed by atoms with Crippen molar-refractivity contribution in [1.82, 2.24) is 14.8 Å². The molecule has 0 spiro atoms. The lowest BCUT2D eigenvalue weighted by Crippen LogP contribution is -2.36. The number of rotatable bonds is 5. The minimum atomic E-state index is -0.521. The average Bonchev–Trinajstić information content (AvgIpc) is 2.82. The molecule has 9 heteroatoms. The van der Waals surface area contributed by atoms with Gasteiger partial charge < -0.3 is 15.4 Å². The van der Waals surface area contributed by atoms with E-state index in [0.717, 1.165) is 29.9 Å². The number of nitrogens with zero attached hydrogens (tertiary/aromatic N) is 2. The predicted octanol–water partition coefficient (Wildman–Crippen LogP) is 2.48. The molecule has 5 rings (SSSR count). The number of ether oxygens (including phenoxy) is 1. The number of morpholine rings is 1. The maximum absolute atomic E-state index is 13.4. The molecule has 170 valence electrons. The number of aromatic nitrogens is 1. The van der Waals surface area contributed by atoms with Gasteiger partial charge in [-0.15, -0.1) is 0 Å². The zero-order valence-electron chi connectivity index (χ0n) is 17.9. The van der Waals surface area contributed by atoms with Gasteiger partial charge in [-0.3, -0.25) is 23.9 Å². The van der Waals surface area contributed by atoms with Crippen molar-refractivity contribution in [2.45, 2.75) is 13.1 Å². The largest absolute Gasteiger partial charge is 0.379 e. The van der Waals surface area contributed by atoms with Gasteiger partial charge in [0.1, 0.15) is 5.56 Å². The summed E-state index contributed by atoms with van der Waals surface area (Å²) in [5.41, 5.74) is 2.59. The molecular weight excluding hydrogens is 444 g/mol. The molecule has 8 nitrogen and oxygen atoms in total. The topological polar surface area (TPSA) is 92.7 Å². The number of hydrogen-bond acceptors (Lipinski definition) is 6. The molecular formula is C24H23ClN4O4. The Morgan fingerprint density at radius 3 is 2.61 bits per heavy atom. The quantitative estimate of drug-likeness (QED) is 0.600. The minimum absolute atomic E-state index is 0.0545. The predicted molar refractivity (Wildman–Crippen MR) is 126 cm³/mol. The van der Waals surface area contributed by atoms with Gasteiger partial charge in [-0.25, -0.2) is 0 Å². The molecule has 3 heterocycles. The summed E-state index contributed by atoms with van der Waals surface area (Å²) < 4.78 is 6.83. The normalized spacial score (nSPS) is 16.0. The van der Waals surface area contributed by atoms with Crippen LogP contribution in [0.2, 0.25) is 5.02 Å². The lowest BCUT2D eigenvalue weighted by atomic mass is 10.0. The summed E-state index contributed by atoms with van der Waals surface area (Å²) in [6.07, 6.45) is 1.36. The number of hydrogen-bond donors (Lipinski definition) is 2. The zero-order chi connectivity index (χ0) is 22.9. The summed E-state index contributed by atoms with van der Waals surface area (Å²) in [6, 6.07) is 10.9. The Kier molecular flexibility index (Phi) is 5.88. The first kappa shape index (κ1) is 21.6. The van der Waals surface area contributed by atoms with Crippen molar-refractivity contribution in [3.05, 3.63) is 74.5 Å². The van der Waals surface area contributed by atoms with Crippen LogP contribution in [-0.4, -0.2) is 54.1 Å². The molecule has 0 unspecified atom stereocenters. The molecule has 1 fully saturated rings. The monoisotopic (exact) mass is 466 g/mol. The van der Waals surface area contributed by atoms with Crippen molar-refractivity contribution in [1.29, 1.82) is 0 Å². The number of nitrogens with one attached hydrogen (secondary N) is 2. The van der Waals surface area contributed by atoms with E-state index < -0.39 is 11.3 Å². The van der Waals surface area contributed by atoms with Crippen LogP contribution >= 0.6 is 11.6 Å². The van der Waals surface area contributed by atoms with Crippen LogP contribution in [0.5, 0.6) is 0 Å². The number of anilines is 1. The summed E-state index contributed by atoms with van der Waals surface area (Å²) >= 11 is 5.91. The zero-order valence-corrected chi connectivity index (χ0v) is 18.7. The maximum Gasteiger partial charge on any atom is 0.257 e. The molecule has 0 radical (unpaired) electrons. The van der Waals surface area contributed by atoms with Gasteiger partial charge in [-0.05, 0) is 35.4 Å². The second-order valence-corrected chi connectivity index (χ2v) is 8.66. The van der Waals surface area contributed by atoms with Crippen molar-refractivity contribution < 1.29 is 14.3 Å². The number of amides is 1. The molecule has 2 aliphatic rings. The van der Waals surface area contributed by atoms with Crippen LogP contribution in [0.3, 0.4) is 0 Å². The summed E-state index contributed by atoms with van der Waals surface area (Å²) in [6.45, 7) is 3.99. The van der Waals surface area contributed by atoms with Crippen LogP contribution in [0.15, 0.2) is 47.4 Å². The number of halogens is 1. The van der Waals surface area contributed by atoms with Crippen LogP contribution in [-0.2, 0) is 17.8 Å². The molecule has 2 aromatic carbocycles. The highest BCUT2D eigenvalue weighted by Crippen LogP contribution is 2.28. The average molecular weight is 467 g/mol. The molecule has 3 aromatic rings. The van der Waals surface area contributed by atoms with E-state index in [9.17, 15) is 14.4 Å². The summed E-state index contributed by atoms with van der Waals surface area (Å²) in [4.78, 5) is 41.1. The van der Waals surface area contributed by atoms with Gasteiger partial charge >= 0.3 is 0 Å². The number of carbonyl (C=O) groups excluding carboxylic acids is 2. The first-order valence-corrected chi connectivity index (χ1v) is 11.2. The maximum atomic E-state index is 13.4. The second-order valence-electron chi connectivity index (χ2n) is 8.23. The third-order valence-electron chi connectivity index (χ3n) is 5.98. The SMILES string of the molecule is O=C(NCc1ccc(Cl)cc1)c1cn2c3c(cc(CN4CCOCC4)cc3c1=O)NCC2=O. The van der Waals surface area contributed by atoms with Crippen molar-refractivity contribution in [3.8, 4) is 0 Å². The highest BCUT2D eigenvalue weighted by atomic mass is 35.5. The molecule has 33 heavy (non-hydrogen) atoms. The van der Waals surface area contributed by atoms with E-state index in [1.807, 2.05) is 6.07 Å². The third kappa shape index (κ3) is 4.37. The molecule has 2 N–H and O–H groups in total. The van der Waals surface area contributed by atoms with Crippen LogP contribution in [0.25, 0.3) is 10.9 Å². The van der Waals surface area contributed by atoms with Gasteiger partial charge in [0.25, 0.3) is 5.91 Å². The van der Waals surface area contributed by atoms with Gasteiger partial charge in [-0.1, -0.05) is 23.7 Å². The number of pyridine rings is 1. The molecule has 2 aliphatic heterocycles. The lowest BCUT2D eigenvalue weighted by molar-refractivity contribution is 0.0342. The van der Waals surface area contributed by atoms with Gasteiger partial charge in [-0.2, -0.15) is 0 Å². The van der Waals surface area contributed by atoms with Gasteiger partial charge in [0, 0.05) is 42.8 Å². The van der Waals surface area contributed by atoms with Crippen molar-refractivity contribution in [2.24, 2.45) is 0 Å². The minimum Gasteiger partial charge on any atom is -0.379 e. The van der Waals surface area contributed by atoms with Gasteiger partial charge in [0.15, 0.2) is 0 Å². The van der Waals surface area contributed by atoms with Crippen LogP contribution in [0, 0.1) is 0 Å². The fourth-order valence-electron chi connectivity index (χ4n) is 4.26. The van der Waals surface area contributed by atoms with E-state index >= 15 is 0 Å². The Hall–Kier alpha value is -3.20. The highest BCUT2D eigenvalue weighted by molar-refractivity contribution is 6.30. The van der Waals surface area contributed by atoms with E-state index in [-0.39, 0.29) is 24.6 Å². The Labute approximate surface area is 195 Å². The van der Waals surface area contributed by atoms with E-state index in [1.54, 1.807) is 30.3 Å². The first-order valence-electron chi connectivity index (χ1n) is 10.8. The first-order chi connectivity index (χ1) is 16.0. The summed E-state index contributed by atoms with van der Waals surface area (Å²) in [7, 11) is 0. The Morgan fingerprint density at radius 1 is 1.09 bits per heavy atom. The Bertz CT molecular complexity index is 1300. The van der Waals surface area contributed by atoms with E-state index in [2.05, 4.69) is 15.5 Å². The fourth-order valence-corrected chi connectivity index (χ4v) is 4.39. The number of benzene rings is 2. The molecule has 1 saturated heterocycles.